The maximum atomic E-state index is 11.7. The minimum Gasteiger partial charge on any atom is -0.326 e. The van der Waals surface area contributed by atoms with Gasteiger partial charge in [-0.25, -0.2) is 0 Å². The highest BCUT2D eigenvalue weighted by Gasteiger charge is 2.06. The van der Waals surface area contributed by atoms with E-state index in [0.717, 1.165) is 30.5 Å². The summed E-state index contributed by atoms with van der Waals surface area (Å²) >= 11 is 2.32. The SMILES string of the molecule is CCCCCC(=O)Nc1cc(C)c(I)cc1C. The van der Waals surface area contributed by atoms with E-state index in [1.807, 2.05) is 6.92 Å². The van der Waals surface area contributed by atoms with E-state index in [-0.39, 0.29) is 5.91 Å². The van der Waals surface area contributed by atoms with Gasteiger partial charge in [-0.2, -0.15) is 0 Å². The summed E-state index contributed by atoms with van der Waals surface area (Å²) in [6.45, 7) is 6.24. The van der Waals surface area contributed by atoms with Crippen LogP contribution in [-0.4, -0.2) is 5.91 Å². The fraction of sp³-hybridized carbons (Fsp3) is 0.500. The molecule has 2 nitrogen and oxygen atoms in total. The van der Waals surface area contributed by atoms with Crippen molar-refractivity contribution >= 4 is 34.2 Å². The van der Waals surface area contributed by atoms with Crippen LogP contribution < -0.4 is 5.32 Å². The van der Waals surface area contributed by atoms with Gasteiger partial charge in [-0.1, -0.05) is 19.8 Å². The van der Waals surface area contributed by atoms with Crippen molar-refractivity contribution < 1.29 is 4.79 Å². The Morgan fingerprint density at radius 2 is 1.94 bits per heavy atom. The van der Waals surface area contributed by atoms with Crippen molar-refractivity contribution in [2.45, 2.75) is 46.5 Å². The molecule has 0 heterocycles. The maximum Gasteiger partial charge on any atom is 0.224 e. The molecule has 3 heteroatoms. The molecule has 0 bridgehead atoms. The standard InChI is InChI=1S/C14H20INO/c1-4-5-6-7-14(17)16-13-9-10(2)12(15)8-11(13)3/h8-9H,4-7H2,1-3H3,(H,16,17). The molecule has 1 rings (SSSR count). The van der Waals surface area contributed by atoms with E-state index in [1.54, 1.807) is 0 Å². The molecule has 0 aliphatic carbocycles. The zero-order chi connectivity index (χ0) is 12.8. The minimum absolute atomic E-state index is 0.127. The zero-order valence-corrected chi connectivity index (χ0v) is 12.9. The molecule has 0 aliphatic heterocycles. The summed E-state index contributed by atoms with van der Waals surface area (Å²) in [6, 6.07) is 4.16. The molecule has 1 amide bonds. The summed E-state index contributed by atoms with van der Waals surface area (Å²) in [5.41, 5.74) is 3.29. The number of benzene rings is 1. The van der Waals surface area contributed by atoms with Crippen LogP contribution in [0.1, 0.15) is 43.7 Å². The van der Waals surface area contributed by atoms with Gasteiger partial charge < -0.3 is 5.32 Å². The first-order valence-corrected chi connectivity index (χ1v) is 7.19. The number of unbranched alkanes of at least 4 members (excludes halogenated alkanes) is 2. The van der Waals surface area contributed by atoms with Crippen LogP contribution in [0.15, 0.2) is 12.1 Å². The van der Waals surface area contributed by atoms with E-state index in [1.165, 1.54) is 9.13 Å². The van der Waals surface area contributed by atoms with E-state index in [2.05, 4.69) is 53.9 Å². The van der Waals surface area contributed by atoms with Crippen LogP contribution >= 0.6 is 22.6 Å². The first-order chi connectivity index (χ1) is 8.04. The average Bonchev–Trinajstić information content (AvgIpc) is 2.26. The molecule has 0 fully saturated rings. The van der Waals surface area contributed by atoms with Crippen LogP contribution in [0.25, 0.3) is 0 Å². The smallest absolute Gasteiger partial charge is 0.224 e. The molecule has 0 aliphatic rings. The van der Waals surface area contributed by atoms with Crippen LogP contribution in [0.5, 0.6) is 0 Å². The summed E-state index contributed by atoms with van der Waals surface area (Å²) in [5, 5.41) is 2.99. The number of aryl methyl sites for hydroxylation is 2. The average molecular weight is 345 g/mol. The summed E-state index contributed by atoms with van der Waals surface area (Å²) in [5.74, 6) is 0.127. The van der Waals surface area contributed by atoms with Crippen molar-refractivity contribution in [2.24, 2.45) is 0 Å². The lowest BCUT2D eigenvalue weighted by Gasteiger charge is -2.10. The Hall–Kier alpha value is -0.580. The largest absolute Gasteiger partial charge is 0.326 e. The Morgan fingerprint density at radius 1 is 1.24 bits per heavy atom. The van der Waals surface area contributed by atoms with Crippen molar-refractivity contribution in [3.8, 4) is 0 Å². The van der Waals surface area contributed by atoms with E-state index in [0.29, 0.717) is 6.42 Å². The number of amides is 1. The number of hydrogen-bond acceptors (Lipinski definition) is 1. The predicted molar refractivity (Wildman–Crippen MR) is 81.4 cm³/mol. The summed E-state index contributed by atoms with van der Waals surface area (Å²) in [6.07, 6.45) is 3.87. The van der Waals surface area contributed by atoms with Crippen LogP contribution in [-0.2, 0) is 4.79 Å². The molecule has 0 spiro atoms. The van der Waals surface area contributed by atoms with Gasteiger partial charge in [0.05, 0.1) is 0 Å². The molecular formula is C14H20INO. The van der Waals surface area contributed by atoms with Crippen LogP contribution in [0.4, 0.5) is 5.69 Å². The third-order valence-electron chi connectivity index (χ3n) is 2.79. The highest BCUT2D eigenvalue weighted by molar-refractivity contribution is 14.1. The number of rotatable bonds is 5. The van der Waals surface area contributed by atoms with E-state index < -0.39 is 0 Å². The van der Waals surface area contributed by atoms with Crippen LogP contribution in [0.2, 0.25) is 0 Å². The minimum atomic E-state index is 0.127. The lowest BCUT2D eigenvalue weighted by molar-refractivity contribution is -0.116. The molecule has 0 aromatic heterocycles. The lowest BCUT2D eigenvalue weighted by Crippen LogP contribution is -2.12. The van der Waals surface area contributed by atoms with Crippen molar-refractivity contribution in [2.75, 3.05) is 5.32 Å². The third-order valence-corrected chi connectivity index (χ3v) is 3.95. The molecule has 0 atom stereocenters. The van der Waals surface area contributed by atoms with E-state index in [4.69, 9.17) is 0 Å². The molecule has 17 heavy (non-hydrogen) atoms. The summed E-state index contributed by atoms with van der Waals surface area (Å²) < 4.78 is 1.24. The Labute approximate surface area is 117 Å². The van der Waals surface area contributed by atoms with Crippen molar-refractivity contribution in [3.63, 3.8) is 0 Å². The molecule has 94 valence electrons. The summed E-state index contributed by atoms with van der Waals surface area (Å²) in [7, 11) is 0. The number of hydrogen-bond donors (Lipinski definition) is 1. The molecule has 0 unspecified atom stereocenters. The Bertz CT molecular complexity index is 401. The third kappa shape index (κ3) is 4.66. The van der Waals surface area contributed by atoms with Gasteiger partial charge in [0.1, 0.15) is 0 Å². The van der Waals surface area contributed by atoms with Gasteiger partial charge in [0.25, 0.3) is 0 Å². The van der Waals surface area contributed by atoms with Gasteiger partial charge in [-0.15, -0.1) is 0 Å². The van der Waals surface area contributed by atoms with Gasteiger partial charge in [-0.3, -0.25) is 4.79 Å². The fourth-order valence-electron chi connectivity index (χ4n) is 1.66. The first-order valence-electron chi connectivity index (χ1n) is 6.11. The first kappa shape index (κ1) is 14.5. The number of carbonyl (C=O) groups excluding carboxylic acids is 1. The number of nitrogens with one attached hydrogen (secondary N) is 1. The number of carbonyl (C=O) groups is 1. The second-order valence-electron chi connectivity index (χ2n) is 4.42. The second kappa shape index (κ2) is 6.99. The maximum absolute atomic E-state index is 11.7. The van der Waals surface area contributed by atoms with E-state index >= 15 is 0 Å². The predicted octanol–water partition coefficient (Wildman–Crippen LogP) is 4.43. The fourth-order valence-corrected chi connectivity index (χ4v) is 2.29. The highest BCUT2D eigenvalue weighted by Crippen LogP contribution is 2.22. The molecule has 1 N–H and O–H groups in total. The van der Waals surface area contributed by atoms with E-state index in [9.17, 15) is 4.79 Å². The zero-order valence-electron chi connectivity index (χ0n) is 10.8. The van der Waals surface area contributed by atoms with Crippen molar-refractivity contribution in [3.05, 3.63) is 26.8 Å². The Kier molecular flexibility index (Phi) is 5.95. The monoisotopic (exact) mass is 345 g/mol. The van der Waals surface area contributed by atoms with Crippen molar-refractivity contribution in [1.82, 2.24) is 0 Å². The summed E-state index contributed by atoms with van der Waals surface area (Å²) in [4.78, 5) is 11.7. The van der Waals surface area contributed by atoms with Crippen LogP contribution in [0.3, 0.4) is 0 Å². The Balaban J connectivity index is 2.62. The van der Waals surface area contributed by atoms with Gasteiger partial charge >= 0.3 is 0 Å². The number of halogens is 1. The second-order valence-corrected chi connectivity index (χ2v) is 5.58. The molecule has 0 saturated carbocycles. The number of anilines is 1. The Morgan fingerprint density at radius 3 is 2.59 bits per heavy atom. The van der Waals surface area contributed by atoms with Gasteiger partial charge in [0, 0.05) is 15.7 Å². The normalized spacial score (nSPS) is 10.4. The quantitative estimate of drug-likeness (QED) is 0.621. The van der Waals surface area contributed by atoms with Gasteiger partial charge in [0.15, 0.2) is 0 Å². The molecule has 1 aromatic carbocycles. The topological polar surface area (TPSA) is 29.1 Å². The molecular weight excluding hydrogens is 325 g/mol. The molecule has 0 saturated heterocycles. The van der Waals surface area contributed by atoms with Crippen LogP contribution in [0, 0.1) is 17.4 Å². The van der Waals surface area contributed by atoms with Gasteiger partial charge in [-0.05, 0) is 66.1 Å². The lowest BCUT2D eigenvalue weighted by atomic mass is 10.1. The van der Waals surface area contributed by atoms with Gasteiger partial charge in [0.2, 0.25) is 5.91 Å². The molecule has 0 radical (unpaired) electrons. The van der Waals surface area contributed by atoms with Crippen molar-refractivity contribution in [1.29, 1.82) is 0 Å². The molecule has 1 aromatic rings. The highest BCUT2D eigenvalue weighted by atomic mass is 127.